The molecule has 2 N–H and O–H groups in total. The van der Waals surface area contributed by atoms with E-state index in [1.54, 1.807) is 0 Å². The SMILES string of the molecule is O=C(NCCOc1ccccc1)NCCN1CCOCC1. The molecule has 2 rings (SSSR count). The molecule has 0 radical (unpaired) electrons. The van der Waals surface area contributed by atoms with Crippen LogP contribution in [0.2, 0.25) is 0 Å². The first-order valence-electron chi connectivity index (χ1n) is 7.34. The largest absolute Gasteiger partial charge is 0.492 e. The van der Waals surface area contributed by atoms with Crippen LogP contribution in [0.15, 0.2) is 30.3 Å². The van der Waals surface area contributed by atoms with Gasteiger partial charge in [-0.3, -0.25) is 4.90 Å². The van der Waals surface area contributed by atoms with Crippen LogP contribution in [0.5, 0.6) is 5.75 Å². The third-order valence-electron chi connectivity index (χ3n) is 3.22. The van der Waals surface area contributed by atoms with Crippen molar-refractivity contribution in [3.63, 3.8) is 0 Å². The van der Waals surface area contributed by atoms with Crippen LogP contribution in [0.4, 0.5) is 4.79 Å². The van der Waals surface area contributed by atoms with Crippen molar-refractivity contribution in [2.45, 2.75) is 0 Å². The van der Waals surface area contributed by atoms with E-state index in [9.17, 15) is 4.79 Å². The Balaban J connectivity index is 1.47. The monoisotopic (exact) mass is 293 g/mol. The van der Waals surface area contributed by atoms with Gasteiger partial charge in [0.1, 0.15) is 12.4 Å². The van der Waals surface area contributed by atoms with E-state index in [-0.39, 0.29) is 6.03 Å². The lowest BCUT2D eigenvalue weighted by Gasteiger charge is -2.26. The van der Waals surface area contributed by atoms with Crippen molar-refractivity contribution < 1.29 is 14.3 Å². The van der Waals surface area contributed by atoms with Crippen molar-refractivity contribution in [2.24, 2.45) is 0 Å². The molecule has 116 valence electrons. The fourth-order valence-electron chi connectivity index (χ4n) is 2.06. The zero-order valence-electron chi connectivity index (χ0n) is 12.2. The Morgan fingerprint density at radius 2 is 1.86 bits per heavy atom. The number of hydrogen-bond acceptors (Lipinski definition) is 4. The van der Waals surface area contributed by atoms with Gasteiger partial charge in [0.05, 0.1) is 19.8 Å². The van der Waals surface area contributed by atoms with E-state index < -0.39 is 0 Å². The number of nitrogens with zero attached hydrogens (tertiary/aromatic N) is 1. The van der Waals surface area contributed by atoms with Crippen LogP contribution in [-0.4, -0.2) is 63.5 Å². The number of amides is 2. The van der Waals surface area contributed by atoms with E-state index in [4.69, 9.17) is 9.47 Å². The van der Waals surface area contributed by atoms with Crippen LogP contribution < -0.4 is 15.4 Å². The van der Waals surface area contributed by atoms with Crippen molar-refractivity contribution in [1.82, 2.24) is 15.5 Å². The number of carbonyl (C=O) groups excluding carboxylic acids is 1. The van der Waals surface area contributed by atoms with E-state index in [1.807, 2.05) is 30.3 Å². The second-order valence-electron chi connectivity index (χ2n) is 4.80. The van der Waals surface area contributed by atoms with E-state index in [1.165, 1.54) is 0 Å². The van der Waals surface area contributed by atoms with Gasteiger partial charge in [0, 0.05) is 26.2 Å². The highest BCUT2D eigenvalue weighted by Gasteiger charge is 2.09. The molecule has 6 heteroatoms. The lowest BCUT2D eigenvalue weighted by molar-refractivity contribution is 0.0387. The molecule has 1 aliphatic rings. The van der Waals surface area contributed by atoms with Crippen LogP contribution in [0.25, 0.3) is 0 Å². The van der Waals surface area contributed by atoms with Crippen LogP contribution in [-0.2, 0) is 4.74 Å². The predicted molar refractivity (Wildman–Crippen MR) is 80.6 cm³/mol. The standard InChI is InChI=1S/C15H23N3O3/c19-15(16-6-8-18-9-12-20-13-10-18)17-7-11-21-14-4-2-1-3-5-14/h1-5H,6-13H2,(H2,16,17,19). The average Bonchev–Trinajstić information content (AvgIpc) is 2.54. The van der Waals surface area contributed by atoms with Gasteiger partial charge in [-0.15, -0.1) is 0 Å². The highest BCUT2D eigenvalue weighted by Crippen LogP contribution is 2.07. The molecule has 0 saturated carbocycles. The van der Waals surface area contributed by atoms with Crippen molar-refractivity contribution >= 4 is 6.03 Å². The highest BCUT2D eigenvalue weighted by atomic mass is 16.5. The molecular weight excluding hydrogens is 270 g/mol. The summed E-state index contributed by atoms with van der Waals surface area (Å²) in [5.74, 6) is 0.812. The summed E-state index contributed by atoms with van der Waals surface area (Å²) in [4.78, 5) is 13.9. The first-order valence-corrected chi connectivity index (χ1v) is 7.34. The summed E-state index contributed by atoms with van der Waals surface area (Å²) < 4.78 is 10.8. The molecule has 0 atom stereocenters. The molecule has 0 aliphatic carbocycles. The Bertz CT molecular complexity index is 408. The van der Waals surface area contributed by atoms with Crippen molar-refractivity contribution in [3.8, 4) is 5.75 Å². The maximum absolute atomic E-state index is 11.6. The van der Waals surface area contributed by atoms with Crippen LogP contribution >= 0.6 is 0 Å². The maximum atomic E-state index is 11.6. The van der Waals surface area contributed by atoms with Gasteiger partial charge in [-0.05, 0) is 12.1 Å². The summed E-state index contributed by atoms with van der Waals surface area (Å²) in [6, 6.07) is 9.40. The molecule has 21 heavy (non-hydrogen) atoms. The summed E-state index contributed by atoms with van der Waals surface area (Å²) in [7, 11) is 0. The van der Waals surface area contributed by atoms with E-state index in [2.05, 4.69) is 15.5 Å². The second kappa shape index (κ2) is 9.20. The number of nitrogens with one attached hydrogen (secondary N) is 2. The Morgan fingerprint density at radius 1 is 1.14 bits per heavy atom. The van der Waals surface area contributed by atoms with Gasteiger partial charge in [0.25, 0.3) is 0 Å². The number of carbonyl (C=O) groups is 1. The summed E-state index contributed by atoms with van der Waals surface area (Å²) in [5, 5.41) is 5.61. The van der Waals surface area contributed by atoms with Crippen molar-refractivity contribution in [1.29, 1.82) is 0 Å². The number of rotatable bonds is 7. The molecule has 6 nitrogen and oxygen atoms in total. The first-order chi connectivity index (χ1) is 10.3. The second-order valence-corrected chi connectivity index (χ2v) is 4.80. The zero-order chi connectivity index (χ0) is 14.8. The Hall–Kier alpha value is -1.79. The molecule has 0 aromatic heterocycles. The molecule has 1 aliphatic heterocycles. The normalized spacial score (nSPS) is 15.4. The molecule has 2 amide bonds. The lowest BCUT2D eigenvalue weighted by Crippen LogP contribution is -2.44. The minimum absolute atomic E-state index is 0.153. The van der Waals surface area contributed by atoms with Crippen LogP contribution in [0.3, 0.4) is 0 Å². The van der Waals surface area contributed by atoms with E-state index in [0.29, 0.717) is 19.7 Å². The lowest BCUT2D eigenvalue weighted by atomic mass is 10.3. The highest BCUT2D eigenvalue weighted by molar-refractivity contribution is 5.73. The molecule has 1 heterocycles. The van der Waals surface area contributed by atoms with Gasteiger partial charge in [-0.25, -0.2) is 4.79 Å². The minimum Gasteiger partial charge on any atom is -0.492 e. The van der Waals surface area contributed by atoms with Gasteiger partial charge in [-0.2, -0.15) is 0 Å². The average molecular weight is 293 g/mol. The Labute approximate surface area is 125 Å². The molecule has 0 unspecified atom stereocenters. The van der Waals surface area contributed by atoms with Gasteiger partial charge < -0.3 is 20.1 Å². The van der Waals surface area contributed by atoms with Crippen LogP contribution in [0.1, 0.15) is 0 Å². The molecule has 1 fully saturated rings. The molecule has 1 aromatic rings. The van der Waals surface area contributed by atoms with Crippen LogP contribution in [0, 0.1) is 0 Å². The fraction of sp³-hybridized carbons (Fsp3) is 0.533. The first kappa shape index (κ1) is 15.6. The smallest absolute Gasteiger partial charge is 0.314 e. The fourth-order valence-corrected chi connectivity index (χ4v) is 2.06. The number of benzene rings is 1. The molecular formula is C15H23N3O3. The Morgan fingerprint density at radius 3 is 2.62 bits per heavy atom. The van der Waals surface area contributed by atoms with Gasteiger partial charge >= 0.3 is 6.03 Å². The quantitative estimate of drug-likeness (QED) is 0.726. The van der Waals surface area contributed by atoms with E-state index >= 15 is 0 Å². The topological polar surface area (TPSA) is 62.8 Å². The third-order valence-corrected chi connectivity index (χ3v) is 3.22. The van der Waals surface area contributed by atoms with E-state index in [0.717, 1.165) is 38.6 Å². The summed E-state index contributed by atoms with van der Waals surface area (Å²) >= 11 is 0. The number of ether oxygens (including phenoxy) is 2. The number of urea groups is 1. The minimum atomic E-state index is -0.153. The van der Waals surface area contributed by atoms with Gasteiger partial charge in [0.2, 0.25) is 0 Å². The number of para-hydroxylation sites is 1. The molecule has 1 aromatic carbocycles. The molecule has 1 saturated heterocycles. The van der Waals surface area contributed by atoms with Crippen molar-refractivity contribution in [2.75, 3.05) is 52.5 Å². The molecule has 0 spiro atoms. The molecule has 0 bridgehead atoms. The van der Waals surface area contributed by atoms with Gasteiger partial charge in [-0.1, -0.05) is 18.2 Å². The number of hydrogen-bond donors (Lipinski definition) is 2. The summed E-state index contributed by atoms with van der Waals surface area (Å²) in [5.41, 5.74) is 0. The third kappa shape index (κ3) is 6.46. The summed E-state index contributed by atoms with van der Waals surface area (Å²) in [6.45, 7) is 5.89. The van der Waals surface area contributed by atoms with Crippen molar-refractivity contribution in [3.05, 3.63) is 30.3 Å². The number of morpholine rings is 1. The zero-order valence-corrected chi connectivity index (χ0v) is 12.2. The predicted octanol–water partition coefficient (Wildman–Crippen LogP) is 0.697. The maximum Gasteiger partial charge on any atom is 0.314 e. The Kier molecular flexibility index (Phi) is 6.83. The summed E-state index contributed by atoms with van der Waals surface area (Å²) in [6.07, 6.45) is 0. The van der Waals surface area contributed by atoms with Gasteiger partial charge in [0.15, 0.2) is 0 Å².